The second kappa shape index (κ2) is 4.18. The summed E-state index contributed by atoms with van der Waals surface area (Å²) < 4.78 is 0. The van der Waals surface area contributed by atoms with E-state index in [9.17, 15) is 0 Å². The third kappa shape index (κ3) is 2.76. The topological polar surface area (TPSA) is 76.4 Å². The zero-order chi connectivity index (χ0) is 8.10. The first-order chi connectivity index (χ1) is 5.33. The summed E-state index contributed by atoms with van der Waals surface area (Å²) in [6.07, 6.45) is 5.28. The maximum atomic E-state index is 5.33. The average Bonchev–Trinajstić information content (AvgIpc) is 1.94. The number of hydrazine groups is 1. The van der Waals surface area contributed by atoms with Gasteiger partial charge in [0.15, 0.2) is 0 Å². The number of guanidine groups is 1. The van der Waals surface area contributed by atoms with E-state index >= 15 is 0 Å². The Kier molecular flexibility index (Phi) is 3.16. The van der Waals surface area contributed by atoms with Crippen LogP contribution in [0.1, 0.15) is 25.7 Å². The van der Waals surface area contributed by atoms with Crippen LogP contribution < -0.4 is 17.0 Å². The predicted molar refractivity (Wildman–Crippen MR) is 45.8 cm³/mol. The van der Waals surface area contributed by atoms with Crippen molar-refractivity contribution in [3.05, 3.63) is 0 Å². The molecule has 0 saturated heterocycles. The molecule has 4 heteroatoms. The minimum atomic E-state index is 0.337. The summed E-state index contributed by atoms with van der Waals surface area (Å²) in [6.45, 7) is 0.806. The van der Waals surface area contributed by atoms with E-state index in [1.807, 2.05) is 0 Å². The summed E-state index contributed by atoms with van der Waals surface area (Å²) in [5, 5.41) is 0. The van der Waals surface area contributed by atoms with Crippen molar-refractivity contribution in [1.29, 1.82) is 0 Å². The maximum Gasteiger partial charge on any atom is 0.203 e. The Hall–Kier alpha value is -0.770. The van der Waals surface area contributed by atoms with E-state index in [0.29, 0.717) is 5.96 Å². The number of hydrogen-bond donors (Lipinski definition) is 3. The summed E-state index contributed by atoms with van der Waals surface area (Å²) in [6, 6.07) is 0. The molecule has 0 spiro atoms. The number of nitrogens with two attached hydrogens (primary N) is 2. The van der Waals surface area contributed by atoms with Crippen LogP contribution in [0.5, 0.6) is 0 Å². The fourth-order valence-electron chi connectivity index (χ4n) is 1.19. The molecular weight excluding hydrogens is 140 g/mol. The molecule has 0 bridgehead atoms. The van der Waals surface area contributed by atoms with Gasteiger partial charge in [-0.1, -0.05) is 19.3 Å². The molecule has 1 aliphatic carbocycles. The number of nitrogens with zero attached hydrogens (tertiary/aromatic N) is 1. The van der Waals surface area contributed by atoms with Gasteiger partial charge in [0, 0.05) is 6.54 Å². The Labute approximate surface area is 67.0 Å². The van der Waals surface area contributed by atoms with Crippen molar-refractivity contribution in [3.63, 3.8) is 0 Å². The smallest absolute Gasteiger partial charge is 0.203 e. The lowest BCUT2D eigenvalue weighted by molar-refractivity contribution is 0.300. The zero-order valence-electron chi connectivity index (χ0n) is 6.71. The van der Waals surface area contributed by atoms with Crippen LogP contribution in [0.4, 0.5) is 0 Å². The van der Waals surface area contributed by atoms with Gasteiger partial charge in [-0.05, 0) is 12.3 Å². The molecular formula is C7H16N4. The Morgan fingerprint density at radius 2 is 2.27 bits per heavy atom. The fourth-order valence-corrected chi connectivity index (χ4v) is 1.19. The molecule has 0 heterocycles. The number of aliphatic imine (C=N–C) groups is 1. The molecule has 1 saturated carbocycles. The zero-order valence-corrected chi connectivity index (χ0v) is 6.71. The molecule has 0 radical (unpaired) electrons. The normalized spacial score (nSPS) is 19.5. The molecule has 0 aromatic carbocycles. The first-order valence-corrected chi connectivity index (χ1v) is 4.09. The molecule has 1 aliphatic rings. The van der Waals surface area contributed by atoms with E-state index in [-0.39, 0.29) is 0 Å². The fraction of sp³-hybridized carbons (Fsp3) is 0.857. The van der Waals surface area contributed by atoms with Gasteiger partial charge in [0.25, 0.3) is 0 Å². The highest BCUT2D eigenvalue weighted by Gasteiger charge is 2.15. The van der Waals surface area contributed by atoms with Gasteiger partial charge in [-0.3, -0.25) is 10.4 Å². The van der Waals surface area contributed by atoms with Crippen LogP contribution in [-0.2, 0) is 0 Å². The minimum absolute atomic E-state index is 0.337. The van der Waals surface area contributed by atoms with E-state index < -0.39 is 0 Å². The van der Waals surface area contributed by atoms with Crippen molar-refractivity contribution < 1.29 is 0 Å². The lowest BCUT2D eigenvalue weighted by atomic mass is 9.83. The van der Waals surface area contributed by atoms with Crippen LogP contribution in [0.15, 0.2) is 4.99 Å². The number of rotatable bonds is 3. The van der Waals surface area contributed by atoms with Crippen molar-refractivity contribution in [3.8, 4) is 0 Å². The molecule has 1 fully saturated rings. The monoisotopic (exact) mass is 156 g/mol. The molecule has 0 amide bonds. The summed E-state index contributed by atoms with van der Waals surface area (Å²) >= 11 is 0. The lowest BCUT2D eigenvalue weighted by Gasteiger charge is -2.24. The van der Waals surface area contributed by atoms with Gasteiger partial charge in [0.2, 0.25) is 5.96 Å². The molecule has 11 heavy (non-hydrogen) atoms. The summed E-state index contributed by atoms with van der Waals surface area (Å²) in [4.78, 5) is 4.02. The average molecular weight is 156 g/mol. The minimum Gasteiger partial charge on any atom is -0.369 e. The van der Waals surface area contributed by atoms with Crippen molar-refractivity contribution in [1.82, 2.24) is 5.43 Å². The molecule has 0 aliphatic heterocycles. The largest absolute Gasteiger partial charge is 0.369 e. The van der Waals surface area contributed by atoms with Gasteiger partial charge in [0.05, 0.1) is 0 Å². The molecule has 0 aromatic heterocycles. The van der Waals surface area contributed by atoms with Crippen molar-refractivity contribution in [2.24, 2.45) is 22.5 Å². The maximum absolute atomic E-state index is 5.33. The van der Waals surface area contributed by atoms with Gasteiger partial charge in [0.1, 0.15) is 0 Å². The molecule has 0 unspecified atom stereocenters. The highest BCUT2D eigenvalue weighted by atomic mass is 15.3. The van der Waals surface area contributed by atoms with Gasteiger partial charge >= 0.3 is 0 Å². The van der Waals surface area contributed by atoms with Crippen LogP contribution in [-0.4, -0.2) is 12.5 Å². The molecule has 0 aromatic rings. The molecule has 64 valence electrons. The second-order valence-corrected chi connectivity index (χ2v) is 3.00. The van der Waals surface area contributed by atoms with Crippen molar-refractivity contribution >= 4 is 5.96 Å². The van der Waals surface area contributed by atoms with E-state index in [0.717, 1.165) is 18.9 Å². The Morgan fingerprint density at radius 1 is 1.55 bits per heavy atom. The highest BCUT2D eigenvalue weighted by Crippen LogP contribution is 2.28. The molecule has 1 rings (SSSR count). The Morgan fingerprint density at radius 3 is 2.73 bits per heavy atom. The first kappa shape index (κ1) is 8.33. The number of nitrogens with one attached hydrogen (secondary N) is 1. The van der Waals surface area contributed by atoms with Crippen molar-refractivity contribution in [2.75, 3.05) is 6.54 Å². The summed E-state index contributed by atoms with van der Waals surface area (Å²) in [5.41, 5.74) is 7.63. The van der Waals surface area contributed by atoms with Crippen LogP contribution in [0.2, 0.25) is 0 Å². The van der Waals surface area contributed by atoms with Crippen LogP contribution in [0, 0.1) is 5.92 Å². The third-order valence-corrected chi connectivity index (χ3v) is 2.19. The molecule has 5 N–H and O–H groups in total. The lowest BCUT2D eigenvalue weighted by Crippen LogP contribution is -2.37. The van der Waals surface area contributed by atoms with Crippen LogP contribution in [0.3, 0.4) is 0 Å². The quantitative estimate of drug-likeness (QED) is 0.232. The Bertz CT molecular complexity index is 139. The van der Waals surface area contributed by atoms with Crippen LogP contribution >= 0.6 is 0 Å². The van der Waals surface area contributed by atoms with Crippen molar-refractivity contribution in [2.45, 2.75) is 25.7 Å². The van der Waals surface area contributed by atoms with E-state index in [4.69, 9.17) is 11.6 Å². The Balaban J connectivity index is 2.02. The molecule has 4 nitrogen and oxygen atoms in total. The summed E-state index contributed by atoms with van der Waals surface area (Å²) in [5.74, 6) is 6.26. The van der Waals surface area contributed by atoms with E-state index in [1.165, 1.54) is 19.3 Å². The number of hydrogen-bond acceptors (Lipinski definition) is 2. The van der Waals surface area contributed by atoms with E-state index in [1.54, 1.807) is 0 Å². The van der Waals surface area contributed by atoms with Crippen LogP contribution in [0.25, 0.3) is 0 Å². The van der Waals surface area contributed by atoms with Gasteiger partial charge in [-0.25, -0.2) is 5.84 Å². The van der Waals surface area contributed by atoms with Gasteiger partial charge in [-0.15, -0.1) is 0 Å². The van der Waals surface area contributed by atoms with Gasteiger partial charge in [-0.2, -0.15) is 0 Å². The highest BCUT2D eigenvalue weighted by molar-refractivity contribution is 5.76. The van der Waals surface area contributed by atoms with Gasteiger partial charge < -0.3 is 5.73 Å². The second-order valence-electron chi connectivity index (χ2n) is 3.00. The standard InChI is InChI=1S/C7H16N4/c8-7(11-9)10-5-4-6-2-1-3-6/h6H,1-5,9H2,(H3,8,10,11). The predicted octanol–water partition coefficient (Wildman–Crippen LogP) is -0.0454. The SMILES string of the molecule is NNC(N)=NCCC1CCC1. The first-order valence-electron chi connectivity index (χ1n) is 4.09. The third-order valence-electron chi connectivity index (χ3n) is 2.19. The molecule has 0 atom stereocenters. The summed E-state index contributed by atoms with van der Waals surface area (Å²) in [7, 11) is 0. The van der Waals surface area contributed by atoms with E-state index in [2.05, 4.69) is 10.4 Å².